The van der Waals surface area contributed by atoms with E-state index in [-0.39, 0.29) is 18.3 Å². The summed E-state index contributed by atoms with van der Waals surface area (Å²) >= 11 is 0. The van der Waals surface area contributed by atoms with Gasteiger partial charge in [-0.25, -0.2) is 14.4 Å². The van der Waals surface area contributed by atoms with E-state index >= 15 is 0 Å². The third-order valence-electron chi connectivity index (χ3n) is 3.99. The summed E-state index contributed by atoms with van der Waals surface area (Å²) < 4.78 is 12.8. The molecule has 126 valence electrons. The highest BCUT2D eigenvalue weighted by atomic mass is 19.1. The van der Waals surface area contributed by atoms with Gasteiger partial charge >= 0.3 is 0 Å². The first-order chi connectivity index (χ1) is 11.7. The fourth-order valence-corrected chi connectivity index (χ4v) is 2.64. The van der Waals surface area contributed by atoms with E-state index in [1.54, 1.807) is 30.6 Å². The summed E-state index contributed by atoms with van der Waals surface area (Å²) in [6.45, 7) is 3.61. The Morgan fingerprint density at radius 2 is 1.75 bits per heavy atom. The largest absolute Gasteiger partial charge is 0.338 e. The molecule has 6 nitrogen and oxygen atoms in total. The van der Waals surface area contributed by atoms with E-state index in [2.05, 4.69) is 20.2 Å². The van der Waals surface area contributed by atoms with Crippen LogP contribution in [-0.4, -0.2) is 53.5 Å². The topological polar surface area (TPSA) is 61.4 Å². The van der Waals surface area contributed by atoms with Crippen LogP contribution < -0.4 is 10.2 Å². The van der Waals surface area contributed by atoms with Crippen LogP contribution in [0.5, 0.6) is 0 Å². The average Bonchev–Trinajstić information content (AvgIpc) is 2.64. The summed E-state index contributed by atoms with van der Waals surface area (Å²) in [7, 11) is 0. The molecule has 0 bridgehead atoms. The molecule has 1 saturated heterocycles. The van der Waals surface area contributed by atoms with Gasteiger partial charge in [-0.2, -0.15) is 0 Å². The second-order valence-electron chi connectivity index (χ2n) is 5.65. The van der Waals surface area contributed by atoms with E-state index in [0.717, 1.165) is 18.7 Å². The van der Waals surface area contributed by atoms with Crippen molar-refractivity contribution in [2.24, 2.45) is 0 Å². The van der Waals surface area contributed by atoms with Crippen molar-refractivity contribution in [3.8, 4) is 0 Å². The number of aromatic nitrogens is 2. The lowest BCUT2D eigenvalue weighted by Crippen LogP contribution is -2.51. The molecular formula is C17H20FN5O. The smallest absolute Gasteiger partial charge is 0.236 e. The molecule has 2 aromatic rings. The Hall–Kier alpha value is -2.54. The number of carbonyl (C=O) groups excluding carboxylic acids is 1. The molecule has 0 atom stereocenters. The number of amides is 1. The summed E-state index contributed by atoms with van der Waals surface area (Å²) in [4.78, 5) is 24.6. The van der Waals surface area contributed by atoms with Gasteiger partial charge in [0.05, 0.1) is 6.54 Å². The van der Waals surface area contributed by atoms with Crippen molar-refractivity contribution in [1.29, 1.82) is 0 Å². The van der Waals surface area contributed by atoms with Crippen LogP contribution in [0.2, 0.25) is 0 Å². The third-order valence-corrected chi connectivity index (χ3v) is 3.99. The first-order valence-corrected chi connectivity index (χ1v) is 7.97. The quantitative estimate of drug-likeness (QED) is 0.889. The Balaban J connectivity index is 1.41. The summed E-state index contributed by atoms with van der Waals surface area (Å²) in [6.07, 6.45) is 3.44. The van der Waals surface area contributed by atoms with Crippen LogP contribution in [0.3, 0.4) is 0 Å². The molecule has 1 aromatic heterocycles. The van der Waals surface area contributed by atoms with E-state index in [1.165, 1.54) is 12.1 Å². The molecule has 0 aliphatic carbocycles. The zero-order valence-electron chi connectivity index (χ0n) is 13.4. The molecule has 0 spiro atoms. The van der Waals surface area contributed by atoms with Gasteiger partial charge in [-0.15, -0.1) is 0 Å². The molecule has 0 radical (unpaired) electrons. The van der Waals surface area contributed by atoms with Gasteiger partial charge in [0.1, 0.15) is 5.82 Å². The highest BCUT2D eigenvalue weighted by Crippen LogP contribution is 2.09. The maximum Gasteiger partial charge on any atom is 0.236 e. The minimum Gasteiger partial charge on any atom is -0.338 e. The van der Waals surface area contributed by atoms with Crippen LogP contribution in [0.15, 0.2) is 42.7 Å². The zero-order chi connectivity index (χ0) is 16.8. The molecule has 1 aliphatic rings. The average molecular weight is 329 g/mol. The lowest BCUT2D eigenvalue weighted by molar-refractivity contribution is -0.130. The molecule has 0 saturated carbocycles. The summed E-state index contributed by atoms with van der Waals surface area (Å²) in [5.41, 5.74) is 0.954. The van der Waals surface area contributed by atoms with Crippen LogP contribution in [0.25, 0.3) is 0 Å². The lowest BCUT2D eigenvalue weighted by Gasteiger charge is -2.34. The van der Waals surface area contributed by atoms with Gasteiger partial charge in [0, 0.05) is 45.1 Å². The Bertz CT molecular complexity index is 656. The number of rotatable bonds is 5. The van der Waals surface area contributed by atoms with Gasteiger partial charge in [0.15, 0.2) is 0 Å². The monoisotopic (exact) mass is 329 g/mol. The van der Waals surface area contributed by atoms with Crippen molar-refractivity contribution >= 4 is 11.9 Å². The Morgan fingerprint density at radius 3 is 2.42 bits per heavy atom. The van der Waals surface area contributed by atoms with E-state index in [9.17, 15) is 9.18 Å². The van der Waals surface area contributed by atoms with Crippen molar-refractivity contribution in [1.82, 2.24) is 20.2 Å². The van der Waals surface area contributed by atoms with Crippen LogP contribution in [0, 0.1) is 5.82 Å². The molecule has 1 amide bonds. The number of halogens is 1. The number of carbonyl (C=O) groups is 1. The summed E-state index contributed by atoms with van der Waals surface area (Å²) in [6, 6.07) is 8.06. The highest BCUT2D eigenvalue weighted by molar-refractivity contribution is 5.78. The number of piperazine rings is 1. The van der Waals surface area contributed by atoms with Crippen molar-refractivity contribution in [3.63, 3.8) is 0 Å². The second-order valence-corrected chi connectivity index (χ2v) is 5.65. The molecule has 1 N–H and O–H groups in total. The van der Waals surface area contributed by atoms with Crippen LogP contribution in [0.4, 0.5) is 10.3 Å². The summed E-state index contributed by atoms with van der Waals surface area (Å²) in [5, 5.41) is 3.11. The van der Waals surface area contributed by atoms with Gasteiger partial charge in [0.2, 0.25) is 11.9 Å². The maximum absolute atomic E-state index is 12.8. The lowest BCUT2D eigenvalue weighted by atomic mass is 10.2. The van der Waals surface area contributed by atoms with Crippen molar-refractivity contribution < 1.29 is 9.18 Å². The first-order valence-electron chi connectivity index (χ1n) is 7.97. The van der Waals surface area contributed by atoms with E-state index in [4.69, 9.17) is 0 Å². The fourth-order valence-electron chi connectivity index (χ4n) is 2.64. The Labute approximate surface area is 140 Å². The molecule has 3 rings (SSSR count). The first kappa shape index (κ1) is 16.3. The number of hydrogen-bond donors (Lipinski definition) is 1. The van der Waals surface area contributed by atoms with Gasteiger partial charge in [-0.3, -0.25) is 4.79 Å². The normalized spacial score (nSPS) is 14.7. The molecular weight excluding hydrogens is 309 g/mol. The number of benzene rings is 1. The van der Waals surface area contributed by atoms with E-state index in [1.807, 2.05) is 4.90 Å². The van der Waals surface area contributed by atoms with Gasteiger partial charge in [-0.05, 0) is 23.8 Å². The minimum atomic E-state index is -0.255. The maximum atomic E-state index is 12.8. The number of hydrogen-bond acceptors (Lipinski definition) is 5. The Kier molecular flexibility index (Phi) is 5.32. The second kappa shape index (κ2) is 7.83. The minimum absolute atomic E-state index is 0.0748. The molecule has 7 heteroatoms. The number of nitrogens with zero attached hydrogens (tertiary/aromatic N) is 4. The Morgan fingerprint density at radius 1 is 1.08 bits per heavy atom. The van der Waals surface area contributed by atoms with E-state index in [0.29, 0.717) is 25.6 Å². The number of nitrogens with one attached hydrogen (secondary N) is 1. The molecule has 1 aliphatic heterocycles. The van der Waals surface area contributed by atoms with Crippen molar-refractivity contribution in [2.45, 2.75) is 6.54 Å². The van der Waals surface area contributed by atoms with Crippen LogP contribution >= 0.6 is 0 Å². The SMILES string of the molecule is O=C(CNCc1ccc(F)cc1)N1CCN(c2ncccn2)CC1. The van der Waals surface area contributed by atoms with Gasteiger partial charge in [0.25, 0.3) is 0 Å². The van der Waals surface area contributed by atoms with Crippen molar-refractivity contribution in [3.05, 3.63) is 54.1 Å². The van der Waals surface area contributed by atoms with E-state index < -0.39 is 0 Å². The number of anilines is 1. The molecule has 1 fully saturated rings. The molecule has 2 heterocycles. The highest BCUT2D eigenvalue weighted by Gasteiger charge is 2.21. The zero-order valence-corrected chi connectivity index (χ0v) is 13.4. The molecule has 1 aromatic carbocycles. The van der Waals surface area contributed by atoms with Crippen molar-refractivity contribution in [2.75, 3.05) is 37.6 Å². The molecule has 24 heavy (non-hydrogen) atoms. The third kappa shape index (κ3) is 4.26. The predicted octanol–water partition coefficient (Wildman–Crippen LogP) is 1.05. The molecule has 0 unspecified atom stereocenters. The summed E-state index contributed by atoms with van der Waals surface area (Å²) in [5.74, 6) is 0.528. The van der Waals surface area contributed by atoms with Gasteiger partial charge < -0.3 is 15.1 Å². The van der Waals surface area contributed by atoms with Gasteiger partial charge in [-0.1, -0.05) is 12.1 Å². The standard InChI is InChI=1S/C17H20FN5O/c18-15-4-2-14(3-5-15)12-19-13-16(24)22-8-10-23(11-9-22)17-20-6-1-7-21-17/h1-7,19H,8-13H2. The van der Waals surface area contributed by atoms with Crippen LogP contribution in [-0.2, 0) is 11.3 Å². The predicted molar refractivity (Wildman–Crippen MR) is 88.9 cm³/mol. The van der Waals surface area contributed by atoms with Crippen LogP contribution in [0.1, 0.15) is 5.56 Å². The fraction of sp³-hybridized carbons (Fsp3) is 0.353.